The molecule has 1 atom stereocenters. The van der Waals surface area contributed by atoms with Crippen LogP contribution in [0.3, 0.4) is 0 Å². The Morgan fingerprint density at radius 1 is 1.33 bits per heavy atom. The molecule has 0 aliphatic carbocycles. The van der Waals surface area contributed by atoms with Crippen molar-refractivity contribution in [2.75, 3.05) is 6.54 Å². The van der Waals surface area contributed by atoms with E-state index >= 15 is 0 Å². The second-order valence-electron chi connectivity index (χ2n) is 7.37. The lowest BCUT2D eigenvalue weighted by molar-refractivity contribution is 0.333. The summed E-state index contributed by atoms with van der Waals surface area (Å²) in [5.41, 5.74) is 2.27. The first-order chi connectivity index (χ1) is 10.0. The van der Waals surface area contributed by atoms with Crippen molar-refractivity contribution >= 4 is 11.2 Å². The van der Waals surface area contributed by atoms with Crippen molar-refractivity contribution in [3.8, 4) is 0 Å². The van der Waals surface area contributed by atoms with Crippen LogP contribution in [-0.4, -0.2) is 27.1 Å². The monoisotopic (exact) mass is 286 g/mol. The van der Waals surface area contributed by atoms with Crippen LogP contribution in [0.5, 0.6) is 0 Å². The molecule has 0 saturated carbocycles. The predicted octanol–water partition coefficient (Wildman–Crippen LogP) is 3.16. The molecule has 3 heterocycles. The number of imidazole rings is 1. The van der Waals surface area contributed by atoms with E-state index in [0.29, 0.717) is 6.04 Å². The molecule has 1 saturated heterocycles. The van der Waals surface area contributed by atoms with E-state index in [0.717, 1.165) is 30.7 Å². The molecular formula is C17H26N4. The van der Waals surface area contributed by atoms with E-state index in [2.05, 4.69) is 41.7 Å². The summed E-state index contributed by atoms with van der Waals surface area (Å²) in [4.78, 5) is 9.41. The molecule has 0 radical (unpaired) electrons. The Morgan fingerprint density at radius 3 is 2.90 bits per heavy atom. The SMILES string of the molecule is CC(C)(C)Cn1c(CC2CCCCN2)nc2cccnc21. The molecule has 4 heteroatoms. The van der Waals surface area contributed by atoms with Gasteiger partial charge in [-0.05, 0) is 36.9 Å². The predicted molar refractivity (Wildman–Crippen MR) is 86.3 cm³/mol. The second-order valence-corrected chi connectivity index (χ2v) is 7.37. The molecule has 3 rings (SSSR count). The van der Waals surface area contributed by atoms with Crippen molar-refractivity contribution in [3.05, 3.63) is 24.2 Å². The van der Waals surface area contributed by atoms with Gasteiger partial charge in [0.05, 0.1) is 0 Å². The fraction of sp³-hybridized carbons (Fsp3) is 0.647. The summed E-state index contributed by atoms with van der Waals surface area (Å²) in [6.07, 6.45) is 6.76. The van der Waals surface area contributed by atoms with Crippen molar-refractivity contribution in [1.82, 2.24) is 19.9 Å². The largest absolute Gasteiger partial charge is 0.314 e. The third-order valence-electron chi connectivity index (χ3n) is 4.06. The minimum atomic E-state index is 0.222. The van der Waals surface area contributed by atoms with Crippen molar-refractivity contribution in [1.29, 1.82) is 0 Å². The van der Waals surface area contributed by atoms with Gasteiger partial charge in [-0.15, -0.1) is 0 Å². The lowest BCUT2D eigenvalue weighted by Gasteiger charge is -2.25. The Labute approximate surface area is 127 Å². The van der Waals surface area contributed by atoms with Gasteiger partial charge in [0.15, 0.2) is 5.65 Å². The summed E-state index contributed by atoms with van der Waals surface area (Å²) >= 11 is 0. The Morgan fingerprint density at radius 2 is 2.19 bits per heavy atom. The van der Waals surface area contributed by atoms with Crippen molar-refractivity contribution in [2.24, 2.45) is 5.41 Å². The highest BCUT2D eigenvalue weighted by atomic mass is 15.1. The number of nitrogens with one attached hydrogen (secondary N) is 1. The summed E-state index contributed by atoms with van der Waals surface area (Å²) < 4.78 is 2.33. The Kier molecular flexibility index (Phi) is 3.98. The number of piperidine rings is 1. The van der Waals surface area contributed by atoms with Gasteiger partial charge in [-0.1, -0.05) is 27.2 Å². The summed E-state index contributed by atoms with van der Waals surface area (Å²) in [6.45, 7) is 8.91. The van der Waals surface area contributed by atoms with E-state index in [1.54, 1.807) is 0 Å². The number of hydrogen-bond acceptors (Lipinski definition) is 3. The number of aromatic nitrogens is 3. The standard InChI is InChI=1S/C17H26N4/c1-17(2,3)12-21-15(11-13-7-4-5-9-18-13)20-14-8-6-10-19-16(14)21/h6,8,10,13,18H,4-5,7,9,11-12H2,1-3H3. The molecule has 1 fully saturated rings. The minimum absolute atomic E-state index is 0.222. The van der Waals surface area contributed by atoms with Crippen LogP contribution in [0.15, 0.2) is 18.3 Å². The molecular weight excluding hydrogens is 260 g/mol. The zero-order valence-corrected chi connectivity index (χ0v) is 13.4. The third kappa shape index (κ3) is 3.43. The number of hydrogen-bond donors (Lipinski definition) is 1. The zero-order chi connectivity index (χ0) is 14.9. The van der Waals surface area contributed by atoms with Gasteiger partial charge >= 0.3 is 0 Å². The molecule has 0 aromatic carbocycles. The van der Waals surface area contributed by atoms with Crippen LogP contribution in [0.25, 0.3) is 11.2 Å². The maximum atomic E-state index is 4.85. The van der Waals surface area contributed by atoms with E-state index in [1.165, 1.54) is 25.1 Å². The maximum Gasteiger partial charge on any atom is 0.160 e. The van der Waals surface area contributed by atoms with Crippen molar-refractivity contribution in [2.45, 2.75) is 59.0 Å². The number of fused-ring (bicyclic) bond motifs is 1. The van der Waals surface area contributed by atoms with Gasteiger partial charge in [0.25, 0.3) is 0 Å². The molecule has 1 N–H and O–H groups in total. The number of nitrogens with zero attached hydrogens (tertiary/aromatic N) is 3. The van der Waals surface area contributed by atoms with Gasteiger partial charge in [-0.25, -0.2) is 9.97 Å². The molecule has 0 bridgehead atoms. The van der Waals surface area contributed by atoms with Crippen molar-refractivity contribution in [3.63, 3.8) is 0 Å². The number of rotatable bonds is 3. The highest BCUT2D eigenvalue weighted by molar-refractivity contribution is 5.71. The van der Waals surface area contributed by atoms with Crippen LogP contribution < -0.4 is 5.32 Å². The third-order valence-corrected chi connectivity index (χ3v) is 4.06. The van der Waals surface area contributed by atoms with Crippen LogP contribution in [-0.2, 0) is 13.0 Å². The van der Waals surface area contributed by atoms with Gasteiger partial charge in [-0.3, -0.25) is 0 Å². The summed E-state index contributed by atoms with van der Waals surface area (Å²) in [7, 11) is 0. The van der Waals surface area contributed by atoms with Gasteiger partial charge in [-0.2, -0.15) is 0 Å². The van der Waals surface area contributed by atoms with Crippen LogP contribution in [0.4, 0.5) is 0 Å². The van der Waals surface area contributed by atoms with Crippen LogP contribution in [0.2, 0.25) is 0 Å². The smallest absolute Gasteiger partial charge is 0.160 e. The Bertz CT molecular complexity index is 603. The topological polar surface area (TPSA) is 42.7 Å². The van der Waals surface area contributed by atoms with Gasteiger partial charge < -0.3 is 9.88 Å². The normalized spacial score (nSPS) is 20.0. The van der Waals surface area contributed by atoms with E-state index < -0.39 is 0 Å². The van der Waals surface area contributed by atoms with Gasteiger partial charge in [0.1, 0.15) is 11.3 Å². The van der Waals surface area contributed by atoms with E-state index in [4.69, 9.17) is 4.98 Å². The first-order valence-corrected chi connectivity index (χ1v) is 8.06. The Hall–Kier alpha value is -1.42. The van der Waals surface area contributed by atoms with E-state index in [1.807, 2.05) is 12.3 Å². The summed E-state index contributed by atoms with van der Waals surface area (Å²) in [5, 5.41) is 3.63. The average molecular weight is 286 g/mol. The highest BCUT2D eigenvalue weighted by Gasteiger charge is 2.21. The Balaban J connectivity index is 1.93. The van der Waals surface area contributed by atoms with E-state index in [9.17, 15) is 0 Å². The first kappa shape index (κ1) is 14.5. The minimum Gasteiger partial charge on any atom is -0.314 e. The van der Waals surface area contributed by atoms with Crippen molar-refractivity contribution < 1.29 is 0 Å². The lowest BCUT2D eigenvalue weighted by atomic mass is 9.96. The molecule has 1 unspecified atom stereocenters. The molecule has 1 aliphatic rings. The molecule has 21 heavy (non-hydrogen) atoms. The molecule has 4 nitrogen and oxygen atoms in total. The number of pyridine rings is 1. The van der Waals surface area contributed by atoms with Crippen LogP contribution >= 0.6 is 0 Å². The molecule has 1 aliphatic heterocycles. The van der Waals surface area contributed by atoms with Crippen LogP contribution in [0.1, 0.15) is 45.9 Å². The molecule has 0 spiro atoms. The van der Waals surface area contributed by atoms with Crippen LogP contribution in [0, 0.1) is 5.41 Å². The fourth-order valence-corrected chi connectivity index (χ4v) is 3.12. The van der Waals surface area contributed by atoms with Gasteiger partial charge in [0, 0.05) is 25.2 Å². The fourth-order valence-electron chi connectivity index (χ4n) is 3.12. The maximum absolute atomic E-state index is 4.85. The molecule has 114 valence electrons. The zero-order valence-electron chi connectivity index (χ0n) is 13.4. The highest BCUT2D eigenvalue weighted by Crippen LogP contribution is 2.23. The van der Waals surface area contributed by atoms with Gasteiger partial charge in [0.2, 0.25) is 0 Å². The first-order valence-electron chi connectivity index (χ1n) is 8.06. The average Bonchev–Trinajstić information content (AvgIpc) is 2.76. The summed E-state index contributed by atoms with van der Waals surface area (Å²) in [5.74, 6) is 1.18. The molecule has 0 amide bonds. The quantitative estimate of drug-likeness (QED) is 0.942. The van der Waals surface area contributed by atoms with E-state index in [-0.39, 0.29) is 5.41 Å². The lowest BCUT2D eigenvalue weighted by Crippen LogP contribution is -2.36. The molecule has 2 aromatic heterocycles. The second kappa shape index (κ2) is 5.76. The summed E-state index contributed by atoms with van der Waals surface area (Å²) in [6, 6.07) is 4.60. The molecule has 2 aromatic rings.